The van der Waals surface area contributed by atoms with Gasteiger partial charge in [-0.1, -0.05) is 0 Å². The SMILES string of the molecule is COC(=O)N[C@]1(C(=O)OC)C[C@H]1C(F)F. The molecule has 5 nitrogen and oxygen atoms in total. The zero-order valence-electron chi connectivity index (χ0n) is 8.25. The fourth-order valence-corrected chi connectivity index (χ4v) is 1.44. The Labute approximate surface area is 84.7 Å². The number of hydrogen-bond donors (Lipinski definition) is 1. The summed E-state index contributed by atoms with van der Waals surface area (Å²) in [5.41, 5.74) is -1.62. The third kappa shape index (κ3) is 2.00. The molecule has 86 valence electrons. The fraction of sp³-hybridized carbons (Fsp3) is 0.750. The van der Waals surface area contributed by atoms with Crippen molar-refractivity contribution in [2.24, 2.45) is 5.92 Å². The van der Waals surface area contributed by atoms with E-state index in [4.69, 9.17) is 0 Å². The molecule has 7 heteroatoms. The number of hydrogen-bond acceptors (Lipinski definition) is 4. The van der Waals surface area contributed by atoms with Crippen LogP contribution in [0.1, 0.15) is 6.42 Å². The first kappa shape index (κ1) is 11.7. The van der Waals surface area contributed by atoms with E-state index in [-0.39, 0.29) is 6.42 Å². The number of esters is 1. The molecule has 0 spiro atoms. The van der Waals surface area contributed by atoms with Crippen molar-refractivity contribution in [2.45, 2.75) is 18.4 Å². The standard InChI is InChI=1S/C8H11F2NO4/c1-14-6(12)8(11-7(13)15-2)3-4(8)5(9)10/h4-5H,3H2,1-2H3,(H,11,13)/t4-,8+/m0/s1. The third-order valence-electron chi connectivity index (χ3n) is 2.38. The molecule has 0 aliphatic heterocycles. The number of halogens is 2. The number of carbonyl (C=O) groups is 2. The van der Waals surface area contributed by atoms with E-state index in [2.05, 4.69) is 14.8 Å². The summed E-state index contributed by atoms with van der Waals surface area (Å²) in [6.07, 6.45) is -3.74. The summed E-state index contributed by atoms with van der Waals surface area (Å²) < 4.78 is 33.3. The van der Waals surface area contributed by atoms with Gasteiger partial charge < -0.3 is 14.8 Å². The lowest BCUT2D eigenvalue weighted by Gasteiger charge is -2.15. The van der Waals surface area contributed by atoms with Crippen LogP contribution in [-0.2, 0) is 14.3 Å². The van der Waals surface area contributed by atoms with Gasteiger partial charge in [-0.2, -0.15) is 0 Å². The maximum atomic E-state index is 12.4. The predicted octanol–water partition coefficient (Wildman–Crippen LogP) is 0.539. The first-order valence-corrected chi connectivity index (χ1v) is 4.20. The molecule has 1 rings (SSSR count). The number of nitrogens with one attached hydrogen (secondary N) is 1. The lowest BCUT2D eigenvalue weighted by Crippen LogP contribution is -2.46. The number of alkyl carbamates (subject to hydrolysis) is 1. The monoisotopic (exact) mass is 223 g/mol. The van der Waals surface area contributed by atoms with E-state index in [0.29, 0.717) is 0 Å². The van der Waals surface area contributed by atoms with Gasteiger partial charge in [0, 0.05) is 0 Å². The van der Waals surface area contributed by atoms with Crippen LogP contribution in [0.5, 0.6) is 0 Å². The summed E-state index contributed by atoms with van der Waals surface area (Å²) in [5.74, 6) is -2.08. The van der Waals surface area contributed by atoms with Crippen molar-refractivity contribution in [3.8, 4) is 0 Å². The van der Waals surface area contributed by atoms with Crippen LogP contribution in [0.4, 0.5) is 13.6 Å². The summed E-state index contributed by atoms with van der Waals surface area (Å²) in [6.45, 7) is 0. The third-order valence-corrected chi connectivity index (χ3v) is 2.38. The van der Waals surface area contributed by atoms with Crippen molar-refractivity contribution in [3.05, 3.63) is 0 Å². The molecule has 15 heavy (non-hydrogen) atoms. The minimum Gasteiger partial charge on any atom is -0.467 e. The molecule has 0 unspecified atom stereocenters. The van der Waals surface area contributed by atoms with Gasteiger partial charge in [0.05, 0.1) is 20.1 Å². The lowest BCUT2D eigenvalue weighted by molar-refractivity contribution is -0.145. The highest BCUT2D eigenvalue weighted by Crippen LogP contribution is 2.48. The molecule has 0 aromatic rings. The Balaban J connectivity index is 2.74. The summed E-state index contributed by atoms with van der Waals surface area (Å²) in [7, 11) is 2.16. The molecule has 0 heterocycles. The van der Waals surface area contributed by atoms with Crippen LogP contribution >= 0.6 is 0 Å². The van der Waals surface area contributed by atoms with E-state index in [1.807, 2.05) is 0 Å². The molecule has 1 N–H and O–H groups in total. The second kappa shape index (κ2) is 4.00. The molecule has 2 atom stereocenters. The van der Waals surface area contributed by atoms with Gasteiger partial charge in [0.25, 0.3) is 0 Å². The first-order chi connectivity index (χ1) is 6.97. The second-order valence-electron chi connectivity index (χ2n) is 3.22. The Bertz CT molecular complexity index is 284. The highest BCUT2D eigenvalue weighted by atomic mass is 19.3. The van der Waals surface area contributed by atoms with Crippen molar-refractivity contribution >= 4 is 12.1 Å². The van der Waals surface area contributed by atoms with Gasteiger partial charge >= 0.3 is 12.1 Å². The summed E-state index contributed by atoms with van der Waals surface area (Å²) >= 11 is 0. The van der Waals surface area contributed by atoms with Crippen LogP contribution in [0.25, 0.3) is 0 Å². The van der Waals surface area contributed by atoms with E-state index >= 15 is 0 Å². The molecule has 1 aliphatic rings. The van der Waals surface area contributed by atoms with Crippen molar-refractivity contribution in [2.75, 3.05) is 14.2 Å². The summed E-state index contributed by atoms with van der Waals surface area (Å²) in [4.78, 5) is 22.1. The highest BCUT2D eigenvalue weighted by molar-refractivity contribution is 5.89. The van der Waals surface area contributed by atoms with Crippen LogP contribution in [-0.4, -0.2) is 38.2 Å². The zero-order chi connectivity index (χ0) is 11.6. The van der Waals surface area contributed by atoms with Crippen LogP contribution in [0.15, 0.2) is 0 Å². The number of ether oxygens (including phenoxy) is 2. The van der Waals surface area contributed by atoms with Gasteiger partial charge in [-0.3, -0.25) is 0 Å². The Morgan fingerprint density at radius 1 is 1.40 bits per heavy atom. The smallest absolute Gasteiger partial charge is 0.407 e. The number of carbonyl (C=O) groups excluding carboxylic acids is 2. The Morgan fingerprint density at radius 3 is 2.33 bits per heavy atom. The fourth-order valence-electron chi connectivity index (χ4n) is 1.44. The quantitative estimate of drug-likeness (QED) is 0.709. The van der Waals surface area contributed by atoms with Gasteiger partial charge in [-0.25, -0.2) is 18.4 Å². The number of methoxy groups -OCH3 is 2. The average molecular weight is 223 g/mol. The first-order valence-electron chi connectivity index (χ1n) is 4.20. The maximum Gasteiger partial charge on any atom is 0.407 e. The minimum atomic E-state index is -2.68. The van der Waals surface area contributed by atoms with Crippen LogP contribution < -0.4 is 5.32 Å². The van der Waals surface area contributed by atoms with Crippen molar-refractivity contribution in [1.82, 2.24) is 5.32 Å². The van der Waals surface area contributed by atoms with Crippen LogP contribution in [0, 0.1) is 5.92 Å². The molecule has 1 saturated carbocycles. The van der Waals surface area contributed by atoms with Gasteiger partial charge in [0.15, 0.2) is 0 Å². The Morgan fingerprint density at radius 2 is 2.00 bits per heavy atom. The maximum absolute atomic E-state index is 12.4. The van der Waals surface area contributed by atoms with Crippen LogP contribution in [0.3, 0.4) is 0 Å². The second-order valence-corrected chi connectivity index (χ2v) is 3.22. The molecule has 0 aromatic heterocycles. The van der Waals surface area contributed by atoms with Gasteiger partial charge in [-0.15, -0.1) is 0 Å². The summed E-state index contributed by atoms with van der Waals surface area (Å²) in [6, 6.07) is 0. The van der Waals surface area contributed by atoms with Gasteiger partial charge in [0.2, 0.25) is 6.43 Å². The number of alkyl halides is 2. The average Bonchev–Trinajstić information content (AvgIpc) is 2.92. The molecule has 0 radical (unpaired) electrons. The molecule has 0 saturated heterocycles. The predicted molar refractivity (Wildman–Crippen MR) is 44.4 cm³/mol. The van der Waals surface area contributed by atoms with Crippen molar-refractivity contribution in [1.29, 1.82) is 0 Å². The molecular formula is C8H11F2NO4. The largest absolute Gasteiger partial charge is 0.467 e. The van der Waals surface area contributed by atoms with Gasteiger partial charge in [0.1, 0.15) is 5.54 Å². The molecule has 1 fully saturated rings. The molecule has 0 bridgehead atoms. The van der Waals surface area contributed by atoms with Gasteiger partial charge in [-0.05, 0) is 6.42 Å². The van der Waals surface area contributed by atoms with E-state index in [0.717, 1.165) is 14.2 Å². The number of rotatable bonds is 3. The minimum absolute atomic E-state index is 0.132. The normalized spacial score (nSPS) is 28.5. The van der Waals surface area contributed by atoms with E-state index in [1.54, 1.807) is 0 Å². The molecule has 1 amide bonds. The van der Waals surface area contributed by atoms with Crippen molar-refractivity contribution < 1.29 is 27.8 Å². The Hall–Kier alpha value is -1.40. The summed E-state index contributed by atoms with van der Waals surface area (Å²) in [5, 5.41) is 2.08. The van der Waals surface area contributed by atoms with Crippen LogP contribution in [0.2, 0.25) is 0 Å². The molecular weight excluding hydrogens is 212 g/mol. The van der Waals surface area contributed by atoms with E-state index < -0.39 is 29.9 Å². The molecule has 1 aliphatic carbocycles. The van der Waals surface area contributed by atoms with E-state index in [1.165, 1.54) is 0 Å². The Kier molecular flexibility index (Phi) is 3.11. The highest BCUT2D eigenvalue weighted by Gasteiger charge is 2.66. The van der Waals surface area contributed by atoms with Crippen molar-refractivity contribution in [3.63, 3.8) is 0 Å². The van der Waals surface area contributed by atoms with E-state index in [9.17, 15) is 18.4 Å². The number of amides is 1. The zero-order valence-corrected chi connectivity index (χ0v) is 8.25. The molecule has 0 aromatic carbocycles. The lowest BCUT2D eigenvalue weighted by atomic mass is 10.2. The topological polar surface area (TPSA) is 64.6 Å².